The molecule has 6 nitrogen and oxygen atoms in total. The summed E-state index contributed by atoms with van der Waals surface area (Å²) in [6, 6.07) is 0. The van der Waals surface area contributed by atoms with Crippen molar-refractivity contribution in [1.29, 1.82) is 5.53 Å². The van der Waals surface area contributed by atoms with Crippen LogP contribution in [0.5, 0.6) is 0 Å². The van der Waals surface area contributed by atoms with Crippen LogP contribution in [0, 0.1) is 5.53 Å². The monoisotopic (exact) mass is 170 g/mol. The highest BCUT2D eigenvalue weighted by atomic mass is 35.7. The molecule has 0 radical (unpaired) electrons. The van der Waals surface area contributed by atoms with Gasteiger partial charge in [0.25, 0.3) is 14.2 Å². The lowest BCUT2D eigenvalue weighted by Crippen LogP contribution is -2.06. The molecule has 3 N–H and O–H groups in total. The molecule has 0 aliphatic heterocycles. The molecule has 0 spiro atoms. The molecule has 0 amide bonds. The number of nitrogens with zero attached hydrogens (tertiary/aromatic N) is 2. The predicted octanol–water partition coefficient (Wildman–Crippen LogP) is -0.184. The van der Waals surface area contributed by atoms with E-state index in [1.165, 1.54) is 0 Å². The van der Waals surface area contributed by atoms with Gasteiger partial charge < -0.3 is 5.84 Å². The lowest BCUT2D eigenvalue weighted by Gasteiger charge is -1.85. The smallest absolute Gasteiger partial charge is 0.300 e. The molecule has 9 heavy (non-hydrogen) atoms. The summed E-state index contributed by atoms with van der Waals surface area (Å²) in [6.07, 6.45) is 0. The first-order chi connectivity index (χ1) is 4.02. The molecule has 0 saturated heterocycles. The van der Waals surface area contributed by atoms with Gasteiger partial charge in [-0.3, -0.25) is 0 Å². The topological polar surface area (TPSA) is 109 Å². The summed E-state index contributed by atoms with van der Waals surface area (Å²) in [7, 11) is 0.625. The van der Waals surface area contributed by atoms with E-state index in [1.807, 2.05) is 0 Å². The fraction of sp³-hybridized carbons (Fsp3) is 0. The van der Waals surface area contributed by atoms with E-state index >= 15 is 0 Å². The third kappa shape index (κ3) is 2.38. The van der Waals surface area contributed by atoms with Crippen molar-refractivity contribution in [3.05, 3.63) is 0 Å². The highest BCUT2D eigenvalue weighted by molar-refractivity contribution is 8.25. The van der Waals surface area contributed by atoms with Gasteiger partial charge in [-0.15, -0.1) is 10.2 Å². The van der Waals surface area contributed by atoms with Crippen LogP contribution >= 0.6 is 10.7 Å². The maximum absolute atomic E-state index is 10.1. The minimum Gasteiger partial charge on any atom is -0.320 e. The van der Waals surface area contributed by atoms with Gasteiger partial charge in [-0.05, 0) is 0 Å². The zero-order valence-electron chi connectivity index (χ0n) is 4.07. The quantitative estimate of drug-likeness (QED) is 0.131. The van der Waals surface area contributed by atoms with Gasteiger partial charge in [0.15, 0.2) is 0 Å². The average molecular weight is 171 g/mol. The molecular weight excluding hydrogens is 168 g/mol. The fourth-order valence-electron chi connectivity index (χ4n) is 0.146. The second-order valence-electron chi connectivity index (χ2n) is 0.961. The van der Waals surface area contributed by atoms with Gasteiger partial charge in [-0.25, -0.2) is 13.9 Å². The van der Waals surface area contributed by atoms with Crippen molar-refractivity contribution in [2.24, 2.45) is 16.1 Å². The van der Waals surface area contributed by atoms with E-state index in [-0.39, 0.29) is 0 Å². The van der Waals surface area contributed by atoms with E-state index in [1.54, 1.807) is 0 Å². The summed E-state index contributed by atoms with van der Waals surface area (Å²) in [5, 5.41) is 4.15. The molecule has 0 heterocycles. The first-order valence-corrected chi connectivity index (χ1v) is 3.93. The molecule has 0 aliphatic carbocycles. The summed E-state index contributed by atoms with van der Waals surface area (Å²) >= 11 is 0. The first-order valence-electron chi connectivity index (χ1n) is 1.62. The second kappa shape index (κ2) is 2.74. The van der Waals surface area contributed by atoms with Crippen LogP contribution in [0.1, 0.15) is 0 Å². The van der Waals surface area contributed by atoms with E-state index in [4.69, 9.17) is 5.53 Å². The van der Waals surface area contributed by atoms with Crippen molar-refractivity contribution in [2.45, 2.75) is 0 Å². The minimum atomic E-state index is -4.02. The van der Waals surface area contributed by atoms with E-state index in [9.17, 15) is 8.42 Å². The van der Waals surface area contributed by atoms with E-state index in [0.717, 1.165) is 0 Å². The van der Waals surface area contributed by atoms with Gasteiger partial charge in [0.2, 0.25) is 0 Å². The summed E-state index contributed by atoms with van der Waals surface area (Å²) in [5.41, 5.74) is 6.17. The number of amidine groups is 1. The Bertz CT molecular complexity index is 229. The highest BCUT2D eigenvalue weighted by Crippen LogP contribution is 1.99. The molecule has 0 rings (SSSR count). The van der Waals surface area contributed by atoms with Gasteiger partial charge in [0, 0.05) is 10.7 Å². The molecule has 0 fully saturated rings. The van der Waals surface area contributed by atoms with Crippen LogP contribution in [-0.2, 0) is 9.05 Å². The van der Waals surface area contributed by atoms with Crippen molar-refractivity contribution < 1.29 is 8.42 Å². The number of rotatable bonds is 0. The molecule has 0 unspecified atom stereocenters. The number of hydrogen-bond acceptors (Lipinski definition) is 5. The van der Waals surface area contributed by atoms with Crippen LogP contribution in [0.15, 0.2) is 10.2 Å². The van der Waals surface area contributed by atoms with Crippen LogP contribution in [0.25, 0.3) is 0 Å². The summed E-state index contributed by atoms with van der Waals surface area (Å²) < 4.78 is 20.3. The third-order valence-corrected chi connectivity index (χ3v) is 1.47. The molecule has 0 aromatic carbocycles. The molecule has 0 saturated carbocycles. The Balaban J connectivity index is 4.77. The van der Waals surface area contributed by atoms with Gasteiger partial charge in [0.1, 0.15) is 0 Å². The molecule has 0 aromatic rings. The van der Waals surface area contributed by atoms with Gasteiger partial charge >= 0.3 is 0 Å². The first kappa shape index (κ1) is 8.31. The lowest BCUT2D eigenvalue weighted by atomic mass is 11.3. The van der Waals surface area contributed by atoms with E-state index in [2.05, 4.69) is 26.7 Å². The van der Waals surface area contributed by atoms with E-state index < -0.39 is 14.2 Å². The molecule has 52 valence electrons. The fourth-order valence-corrected chi connectivity index (χ4v) is 0.604. The molecule has 0 aromatic heterocycles. The maximum Gasteiger partial charge on any atom is 0.300 e. The second-order valence-corrected chi connectivity index (χ2v) is 3.42. The Kier molecular flexibility index (Phi) is 2.53. The summed E-state index contributed by atoms with van der Waals surface area (Å²) in [6.45, 7) is 0. The number of nitrogens with two attached hydrogens (primary N) is 1. The Labute approximate surface area is 55.6 Å². The molecule has 0 aliphatic rings. The maximum atomic E-state index is 10.1. The Morgan fingerprint density at radius 3 is 2.11 bits per heavy atom. The number of hydrazone groups is 1. The molecule has 0 bridgehead atoms. The van der Waals surface area contributed by atoms with Gasteiger partial charge in [-0.1, -0.05) is 0 Å². The van der Waals surface area contributed by atoms with Crippen LogP contribution in [-0.4, -0.2) is 13.6 Å². The molecular formula is CH3ClN4O2S. The van der Waals surface area contributed by atoms with Crippen molar-refractivity contribution in [3.63, 3.8) is 0 Å². The zero-order chi connectivity index (χ0) is 7.49. The molecule has 8 heteroatoms. The average Bonchev–Trinajstić information content (AvgIpc) is 1.65. The number of nitrogens with one attached hydrogen (secondary N) is 1. The SMILES string of the molecule is N=NC(=NN)S(=O)(=O)Cl. The Hall–Kier alpha value is -0.690. The standard InChI is InChI=1S/CH3ClN4O2S/c2-9(7,8)1(5-3)6-4/h3H,4H2. The number of halogens is 1. The summed E-state index contributed by atoms with van der Waals surface area (Å²) in [4.78, 5) is 0. The van der Waals surface area contributed by atoms with Gasteiger partial charge in [-0.2, -0.15) is 0 Å². The van der Waals surface area contributed by atoms with Crippen LogP contribution < -0.4 is 5.84 Å². The third-order valence-electron chi connectivity index (χ3n) is 0.424. The van der Waals surface area contributed by atoms with Crippen molar-refractivity contribution in [2.75, 3.05) is 0 Å². The number of hydrogen-bond donors (Lipinski definition) is 2. The minimum absolute atomic E-state index is 0.899. The van der Waals surface area contributed by atoms with Crippen LogP contribution in [0.4, 0.5) is 0 Å². The van der Waals surface area contributed by atoms with Crippen molar-refractivity contribution in [1.82, 2.24) is 0 Å². The molecule has 0 atom stereocenters. The normalized spacial score (nSPS) is 13.2. The Morgan fingerprint density at radius 2 is 2.11 bits per heavy atom. The largest absolute Gasteiger partial charge is 0.320 e. The van der Waals surface area contributed by atoms with E-state index in [0.29, 0.717) is 0 Å². The van der Waals surface area contributed by atoms with Gasteiger partial charge in [0.05, 0.1) is 0 Å². The van der Waals surface area contributed by atoms with Crippen molar-refractivity contribution >= 4 is 24.9 Å². The summed E-state index contributed by atoms with van der Waals surface area (Å²) in [5.74, 6) is 4.48. The predicted molar refractivity (Wildman–Crippen MR) is 31.5 cm³/mol. The zero-order valence-corrected chi connectivity index (χ0v) is 5.65. The van der Waals surface area contributed by atoms with Crippen LogP contribution in [0.3, 0.4) is 0 Å². The van der Waals surface area contributed by atoms with Crippen molar-refractivity contribution in [3.8, 4) is 0 Å². The Morgan fingerprint density at radius 1 is 1.67 bits per heavy atom. The highest BCUT2D eigenvalue weighted by Gasteiger charge is 2.14. The lowest BCUT2D eigenvalue weighted by molar-refractivity contribution is 0.618. The van der Waals surface area contributed by atoms with Crippen LogP contribution in [0.2, 0.25) is 0 Å².